The van der Waals surface area contributed by atoms with E-state index < -0.39 is 12.0 Å². The van der Waals surface area contributed by atoms with Gasteiger partial charge in [-0.1, -0.05) is 23.2 Å². The van der Waals surface area contributed by atoms with Gasteiger partial charge in [0.1, 0.15) is 10.9 Å². The van der Waals surface area contributed by atoms with Crippen LogP contribution in [0.3, 0.4) is 0 Å². The number of benzene rings is 1. The zero-order chi connectivity index (χ0) is 16.6. The standard InChI is InChI=1S/C15H11Cl2N3O3/c1-7-14(21)20-11-5-9(2-3-12(11)23-7)19-15(22)8-4-10(16)13(17)18-6-8/h2-7H,1H3,(H,19,22)(H,20,21). The zero-order valence-corrected chi connectivity index (χ0v) is 13.4. The molecule has 0 fully saturated rings. The van der Waals surface area contributed by atoms with E-state index in [0.717, 1.165) is 0 Å². The van der Waals surface area contributed by atoms with Gasteiger partial charge in [0.05, 0.1) is 16.3 Å². The minimum absolute atomic E-state index is 0.131. The fourth-order valence-corrected chi connectivity index (χ4v) is 2.30. The van der Waals surface area contributed by atoms with Crippen LogP contribution in [0, 0.1) is 0 Å². The van der Waals surface area contributed by atoms with Gasteiger partial charge >= 0.3 is 0 Å². The first kappa shape index (κ1) is 15.6. The molecule has 1 aromatic carbocycles. The predicted octanol–water partition coefficient (Wildman–Crippen LogP) is 3.36. The average molecular weight is 352 g/mol. The number of ether oxygens (including phenoxy) is 1. The number of carbonyl (C=O) groups is 2. The highest BCUT2D eigenvalue weighted by atomic mass is 35.5. The lowest BCUT2D eigenvalue weighted by atomic mass is 10.2. The van der Waals surface area contributed by atoms with Crippen molar-refractivity contribution < 1.29 is 14.3 Å². The van der Waals surface area contributed by atoms with E-state index in [1.807, 2.05) is 0 Å². The largest absolute Gasteiger partial charge is 0.479 e. The first-order valence-electron chi connectivity index (χ1n) is 6.68. The van der Waals surface area contributed by atoms with Crippen LogP contribution in [0.25, 0.3) is 0 Å². The number of nitrogens with one attached hydrogen (secondary N) is 2. The Morgan fingerprint density at radius 3 is 2.87 bits per heavy atom. The molecule has 3 rings (SSSR count). The highest BCUT2D eigenvalue weighted by Gasteiger charge is 2.23. The van der Waals surface area contributed by atoms with Gasteiger partial charge in [-0.05, 0) is 31.2 Å². The zero-order valence-electron chi connectivity index (χ0n) is 11.9. The Morgan fingerprint density at radius 2 is 2.13 bits per heavy atom. The molecule has 8 heteroatoms. The van der Waals surface area contributed by atoms with Crippen molar-refractivity contribution in [2.24, 2.45) is 0 Å². The summed E-state index contributed by atoms with van der Waals surface area (Å²) in [5, 5.41) is 5.73. The maximum absolute atomic E-state index is 12.2. The van der Waals surface area contributed by atoms with E-state index >= 15 is 0 Å². The van der Waals surface area contributed by atoms with Gasteiger partial charge in [0.15, 0.2) is 6.10 Å². The van der Waals surface area contributed by atoms with Crippen LogP contribution in [0.2, 0.25) is 10.2 Å². The highest BCUT2D eigenvalue weighted by Crippen LogP contribution is 2.32. The minimum Gasteiger partial charge on any atom is -0.479 e. The Bertz CT molecular complexity index is 811. The third kappa shape index (κ3) is 3.23. The summed E-state index contributed by atoms with van der Waals surface area (Å²) >= 11 is 11.6. The maximum Gasteiger partial charge on any atom is 0.265 e. The first-order chi connectivity index (χ1) is 10.9. The molecule has 118 valence electrons. The summed E-state index contributed by atoms with van der Waals surface area (Å²) in [4.78, 5) is 27.6. The molecular formula is C15H11Cl2N3O3. The molecule has 1 aliphatic rings. The molecule has 2 heterocycles. The van der Waals surface area contributed by atoms with E-state index in [2.05, 4.69) is 15.6 Å². The van der Waals surface area contributed by atoms with Gasteiger partial charge in [-0.25, -0.2) is 4.98 Å². The van der Waals surface area contributed by atoms with Gasteiger partial charge in [0.2, 0.25) is 0 Å². The van der Waals surface area contributed by atoms with Gasteiger partial charge in [0.25, 0.3) is 11.8 Å². The van der Waals surface area contributed by atoms with Crippen molar-refractivity contribution in [3.8, 4) is 5.75 Å². The van der Waals surface area contributed by atoms with Crippen LogP contribution >= 0.6 is 23.2 Å². The molecule has 1 atom stereocenters. The Kier molecular flexibility index (Phi) is 4.11. The summed E-state index contributed by atoms with van der Waals surface area (Å²) in [5.41, 5.74) is 1.27. The topological polar surface area (TPSA) is 80.3 Å². The van der Waals surface area contributed by atoms with Gasteiger partial charge in [-0.2, -0.15) is 0 Å². The van der Waals surface area contributed by atoms with Crippen LogP contribution in [-0.4, -0.2) is 22.9 Å². The van der Waals surface area contributed by atoms with Crippen molar-refractivity contribution in [3.05, 3.63) is 46.2 Å². The van der Waals surface area contributed by atoms with Crippen LogP contribution in [0.1, 0.15) is 17.3 Å². The van der Waals surface area contributed by atoms with Crippen molar-refractivity contribution in [1.82, 2.24) is 4.98 Å². The fourth-order valence-electron chi connectivity index (χ4n) is 2.04. The van der Waals surface area contributed by atoms with E-state index in [1.165, 1.54) is 12.3 Å². The summed E-state index contributed by atoms with van der Waals surface area (Å²) in [5.74, 6) is -0.0894. The number of carbonyl (C=O) groups excluding carboxylic acids is 2. The number of aromatic nitrogens is 1. The summed E-state index contributed by atoms with van der Waals surface area (Å²) in [6.07, 6.45) is 0.777. The second kappa shape index (κ2) is 6.06. The highest BCUT2D eigenvalue weighted by molar-refractivity contribution is 6.41. The Hall–Kier alpha value is -2.31. The van der Waals surface area contributed by atoms with Crippen molar-refractivity contribution in [2.75, 3.05) is 10.6 Å². The molecular weight excluding hydrogens is 341 g/mol. The van der Waals surface area contributed by atoms with Crippen LogP contribution < -0.4 is 15.4 Å². The van der Waals surface area contributed by atoms with E-state index in [-0.39, 0.29) is 21.6 Å². The van der Waals surface area contributed by atoms with E-state index in [0.29, 0.717) is 17.1 Å². The summed E-state index contributed by atoms with van der Waals surface area (Å²) in [6, 6.07) is 6.39. The van der Waals surface area contributed by atoms with Gasteiger partial charge in [-0.3, -0.25) is 9.59 Å². The number of anilines is 2. The second-order valence-corrected chi connectivity index (χ2v) is 5.68. The lowest BCUT2D eigenvalue weighted by Crippen LogP contribution is -2.34. The number of rotatable bonds is 2. The fraction of sp³-hybridized carbons (Fsp3) is 0.133. The molecule has 2 N–H and O–H groups in total. The molecule has 23 heavy (non-hydrogen) atoms. The first-order valence-corrected chi connectivity index (χ1v) is 7.43. The van der Waals surface area contributed by atoms with Crippen LogP contribution in [0.15, 0.2) is 30.5 Å². The molecule has 2 aromatic rings. The van der Waals surface area contributed by atoms with Crippen LogP contribution in [-0.2, 0) is 4.79 Å². The van der Waals surface area contributed by atoms with Gasteiger partial charge in [0, 0.05) is 11.9 Å². The third-order valence-electron chi connectivity index (χ3n) is 3.23. The molecule has 1 unspecified atom stereocenters. The average Bonchev–Trinajstić information content (AvgIpc) is 2.51. The molecule has 0 aliphatic carbocycles. The summed E-state index contributed by atoms with van der Waals surface area (Å²) in [6.45, 7) is 1.66. The maximum atomic E-state index is 12.2. The van der Waals surface area contributed by atoms with E-state index in [4.69, 9.17) is 27.9 Å². The Morgan fingerprint density at radius 1 is 1.35 bits per heavy atom. The van der Waals surface area contributed by atoms with Crippen molar-refractivity contribution >= 4 is 46.4 Å². The molecule has 0 radical (unpaired) electrons. The SMILES string of the molecule is CC1Oc2ccc(NC(=O)c3cnc(Cl)c(Cl)c3)cc2NC1=O. The molecule has 0 spiro atoms. The number of amides is 2. The molecule has 1 aliphatic heterocycles. The van der Waals surface area contributed by atoms with Crippen molar-refractivity contribution in [2.45, 2.75) is 13.0 Å². The van der Waals surface area contributed by atoms with Crippen molar-refractivity contribution in [3.63, 3.8) is 0 Å². The number of hydrogen-bond acceptors (Lipinski definition) is 4. The molecule has 1 aromatic heterocycles. The number of hydrogen-bond donors (Lipinski definition) is 2. The Labute approximate surface area is 141 Å². The lowest BCUT2D eigenvalue weighted by molar-refractivity contribution is -0.122. The third-order valence-corrected chi connectivity index (χ3v) is 3.91. The molecule has 2 amide bonds. The molecule has 6 nitrogen and oxygen atoms in total. The number of pyridine rings is 1. The Balaban J connectivity index is 1.80. The quantitative estimate of drug-likeness (QED) is 0.813. The summed E-state index contributed by atoms with van der Waals surface area (Å²) in [7, 11) is 0. The lowest BCUT2D eigenvalue weighted by Gasteiger charge is -2.23. The molecule has 0 bridgehead atoms. The van der Waals surface area contributed by atoms with E-state index in [1.54, 1.807) is 25.1 Å². The molecule has 0 saturated carbocycles. The van der Waals surface area contributed by atoms with Crippen LogP contribution in [0.4, 0.5) is 11.4 Å². The number of nitrogens with zero attached hydrogens (tertiary/aromatic N) is 1. The van der Waals surface area contributed by atoms with Crippen molar-refractivity contribution in [1.29, 1.82) is 0 Å². The van der Waals surface area contributed by atoms with Gasteiger partial charge in [-0.15, -0.1) is 0 Å². The van der Waals surface area contributed by atoms with E-state index in [9.17, 15) is 9.59 Å². The minimum atomic E-state index is -0.551. The normalized spacial score (nSPS) is 16.1. The smallest absolute Gasteiger partial charge is 0.265 e. The monoisotopic (exact) mass is 351 g/mol. The summed E-state index contributed by atoms with van der Waals surface area (Å²) < 4.78 is 5.45. The number of fused-ring (bicyclic) bond motifs is 1. The second-order valence-electron chi connectivity index (χ2n) is 4.91. The molecule has 0 saturated heterocycles. The predicted molar refractivity (Wildman–Crippen MR) is 87.4 cm³/mol. The number of halogens is 2. The van der Waals surface area contributed by atoms with Crippen LogP contribution in [0.5, 0.6) is 5.75 Å². The van der Waals surface area contributed by atoms with Gasteiger partial charge < -0.3 is 15.4 Å².